The Kier molecular flexibility index (Phi) is 5.37. The summed E-state index contributed by atoms with van der Waals surface area (Å²) >= 11 is 11.4. The molecule has 102 valence electrons. The minimum absolute atomic E-state index is 0.788. The van der Waals surface area contributed by atoms with Crippen molar-refractivity contribution < 1.29 is 0 Å². The van der Waals surface area contributed by atoms with Crippen LogP contribution in [0.1, 0.15) is 23.9 Å². The van der Waals surface area contributed by atoms with Crippen molar-refractivity contribution in [3.8, 4) is 0 Å². The molecule has 0 radical (unpaired) electrons. The van der Waals surface area contributed by atoms with Crippen molar-refractivity contribution in [1.29, 1.82) is 0 Å². The lowest BCUT2D eigenvalue weighted by Gasteiger charge is -2.04. The molecule has 0 fully saturated rings. The van der Waals surface area contributed by atoms with Crippen LogP contribution in [0.2, 0.25) is 5.02 Å². The number of nitrogens with zero attached hydrogens (tertiary/aromatic N) is 2. The molecule has 0 saturated heterocycles. The molecule has 0 aliphatic heterocycles. The molecule has 0 bridgehead atoms. The molecule has 0 amide bonds. The van der Waals surface area contributed by atoms with E-state index in [1.165, 1.54) is 11.3 Å². The second-order valence-corrected chi connectivity index (χ2v) is 6.52. The smallest absolute Gasteiger partial charge is 0.0767 e. The number of rotatable bonds is 5. The van der Waals surface area contributed by atoms with E-state index >= 15 is 0 Å². The Labute approximate surface area is 131 Å². The number of benzene rings is 1. The standard InChI is InChI=1S/C14H16BrClN2S/c1-3-12-14(15)13(18(2)17-12)9-19-8-10-4-6-11(16)7-5-10/h4-7H,3,8-9H2,1-2H3. The maximum Gasteiger partial charge on any atom is 0.0767 e. The van der Waals surface area contributed by atoms with E-state index in [0.29, 0.717) is 0 Å². The van der Waals surface area contributed by atoms with Crippen LogP contribution in [0.15, 0.2) is 28.7 Å². The molecular formula is C14H16BrClN2S. The van der Waals surface area contributed by atoms with E-state index in [9.17, 15) is 0 Å². The highest BCUT2D eigenvalue weighted by Gasteiger charge is 2.12. The van der Waals surface area contributed by atoms with Crippen molar-refractivity contribution >= 4 is 39.3 Å². The fourth-order valence-electron chi connectivity index (χ4n) is 1.82. The number of hydrogen-bond acceptors (Lipinski definition) is 2. The Balaban J connectivity index is 1.96. The fourth-order valence-corrected chi connectivity index (χ4v) is 3.95. The molecule has 1 aromatic heterocycles. The van der Waals surface area contributed by atoms with Gasteiger partial charge in [0, 0.05) is 23.6 Å². The van der Waals surface area contributed by atoms with Crippen LogP contribution in [-0.2, 0) is 25.0 Å². The highest BCUT2D eigenvalue weighted by atomic mass is 79.9. The molecule has 0 spiro atoms. The number of aromatic nitrogens is 2. The second kappa shape index (κ2) is 6.82. The van der Waals surface area contributed by atoms with E-state index < -0.39 is 0 Å². The highest BCUT2D eigenvalue weighted by Crippen LogP contribution is 2.27. The van der Waals surface area contributed by atoms with E-state index in [-0.39, 0.29) is 0 Å². The molecule has 0 unspecified atom stereocenters. The Morgan fingerprint density at radius 2 is 1.95 bits per heavy atom. The van der Waals surface area contributed by atoms with Crippen LogP contribution in [0.4, 0.5) is 0 Å². The van der Waals surface area contributed by atoms with Crippen LogP contribution in [0, 0.1) is 0 Å². The lowest BCUT2D eigenvalue weighted by Crippen LogP contribution is -1.97. The van der Waals surface area contributed by atoms with E-state index in [0.717, 1.165) is 33.1 Å². The molecule has 1 aromatic carbocycles. The zero-order chi connectivity index (χ0) is 13.8. The first kappa shape index (κ1) is 14.9. The van der Waals surface area contributed by atoms with Gasteiger partial charge in [-0.3, -0.25) is 4.68 Å². The third-order valence-electron chi connectivity index (χ3n) is 2.92. The summed E-state index contributed by atoms with van der Waals surface area (Å²) in [5.41, 5.74) is 3.67. The molecule has 19 heavy (non-hydrogen) atoms. The first-order valence-electron chi connectivity index (χ1n) is 6.14. The second-order valence-electron chi connectivity index (χ2n) is 4.30. The summed E-state index contributed by atoms with van der Waals surface area (Å²) in [5.74, 6) is 1.93. The minimum Gasteiger partial charge on any atom is -0.270 e. The quantitative estimate of drug-likeness (QED) is 0.761. The van der Waals surface area contributed by atoms with Crippen LogP contribution in [0.5, 0.6) is 0 Å². The number of hydrogen-bond donors (Lipinski definition) is 0. The van der Waals surface area contributed by atoms with Crippen molar-refractivity contribution in [2.75, 3.05) is 0 Å². The van der Waals surface area contributed by atoms with E-state index in [4.69, 9.17) is 11.6 Å². The zero-order valence-corrected chi connectivity index (χ0v) is 14.1. The van der Waals surface area contributed by atoms with Crippen LogP contribution >= 0.6 is 39.3 Å². The topological polar surface area (TPSA) is 17.8 Å². The van der Waals surface area contributed by atoms with Crippen molar-refractivity contribution in [1.82, 2.24) is 9.78 Å². The third kappa shape index (κ3) is 3.77. The molecule has 2 nitrogen and oxygen atoms in total. The highest BCUT2D eigenvalue weighted by molar-refractivity contribution is 9.10. The average Bonchev–Trinajstić information content (AvgIpc) is 2.68. The van der Waals surface area contributed by atoms with Crippen molar-refractivity contribution in [2.45, 2.75) is 24.9 Å². The molecule has 0 saturated carbocycles. The number of aryl methyl sites for hydroxylation is 2. The predicted octanol–water partition coefficient (Wildman–Crippen LogP) is 4.83. The molecule has 5 heteroatoms. The fraction of sp³-hybridized carbons (Fsp3) is 0.357. The molecule has 0 atom stereocenters. The van der Waals surface area contributed by atoms with Crippen molar-refractivity contribution in [3.05, 3.63) is 50.7 Å². The molecule has 2 rings (SSSR count). The third-order valence-corrected chi connectivity index (χ3v) is 5.11. The van der Waals surface area contributed by atoms with E-state index in [2.05, 4.69) is 40.1 Å². The summed E-state index contributed by atoms with van der Waals surface area (Å²) in [7, 11) is 2.00. The number of halogens is 2. The first-order chi connectivity index (χ1) is 9.11. The molecule has 0 aliphatic carbocycles. The van der Waals surface area contributed by atoms with Gasteiger partial charge in [0.25, 0.3) is 0 Å². The molecule has 0 aliphatic rings. The summed E-state index contributed by atoms with van der Waals surface area (Å²) in [5, 5.41) is 5.29. The molecule has 1 heterocycles. The SMILES string of the molecule is CCc1nn(C)c(CSCc2ccc(Cl)cc2)c1Br. The lowest BCUT2D eigenvalue weighted by molar-refractivity contribution is 0.719. The Morgan fingerprint density at radius 3 is 2.53 bits per heavy atom. The Morgan fingerprint density at radius 1 is 1.26 bits per heavy atom. The van der Waals surface area contributed by atoms with Gasteiger partial charge in [-0.2, -0.15) is 16.9 Å². The minimum atomic E-state index is 0.788. The molecule has 2 aromatic rings. The van der Waals surface area contributed by atoms with Crippen LogP contribution in [-0.4, -0.2) is 9.78 Å². The van der Waals surface area contributed by atoms with Crippen LogP contribution in [0.25, 0.3) is 0 Å². The van der Waals surface area contributed by atoms with Gasteiger partial charge in [0.1, 0.15) is 0 Å². The van der Waals surface area contributed by atoms with Crippen LogP contribution in [0.3, 0.4) is 0 Å². The van der Waals surface area contributed by atoms with E-state index in [1.54, 1.807) is 0 Å². The molecular weight excluding hydrogens is 344 g/mol. The summed E-state index contributed by atoms with van der Waals surface area (Å²) < 4.78 is 3.12. The van der Waals surface area contributed by atoms with Gasteiger partial charge in [-0.15, -0.1) is 0 Å². The van der Waals surface area contributed by atoms with Gasteiger partial charge in [-0.1, -0.05) is 30.7 Å². The van der Waals surface area contributed by atoms with Gasteiger partial charge in [-0.25, -0.2) is 0 Å². The normalized spacial score (nSPS) is 10.9. The lowest BCUT2D eigenvalue weighted by atomic mass is 10.2. The largest absolute Gasteiger partial charge is 0.270 e. The van der Waals surface area contributed by atoms with Gasteiger partial charge in [0.2, 0.25) is 0 Å². The van der Waals surface area contributed by atoms with Crippen molar-refractivity contribution in [2.24, 2.45) is 7.05 Å². The Bertz CT molecular complexity index is 551. The average molecular weight is 360 g/mol. The summed E-state index contributed by atoms with van der Waals surface area (Å²) in [6.45, 7) is 2.12. The predicted molar refractivity (Wildman–Crippen MR) is 86.7 cm³/mol. The summed E-state index contributed by atoms with van der Waals surface area (Å²) in [4.78, 5) is 0. The number of thioether (sulfide) groups is 1. The first-order valence-corrected chi connectivity index (χ1v) is 8.46. The van der Waals surface area contributed by atoms with Crippen LogP contribution < -0.4 is 0 Å². The maximum atomic E-state index is 5.88. The summed E-state index contributed by atoms with van der Waals surface area (Å²) in [6.07, 6.45) is 0.955. The summed E-state index contributed by atoms with van der Waals surface area (Å²) in [6, 6.07) is 8.02. The zero-order valence-electron chi connectivity index (χ0n) is 11.0. The van der Waals surface area contributed by atoms with Gasteiger partial charge >= 0.3 is 0 Å². The Hall–Kier alpha value is -0.450. The van der Waals surface area contributed by atoms with Gasteiger partial charge in [0.05, 0.1) is 15.9 Å². The van der Waals surface area contributed by atoms with Crippen molar-refractivity contribution in [3.63, 3.8) is 0 Å². The monoisotopic (exact) mass is 358 g/mol. The maximum absolute atomic E-state index is 5.88. The van der Waals surface area contributed by atoms with Gasteiger partial charge < -0.3 is 0 Å². The van der Waals surface area contributed by atoms with Gasteiger partial charge in [0.15, 0.2) is 0 Å². The van der Waals surface area contributed by atoms with Gasteiger partial charge in [-0.05, 0) is 40.0 Å². The molecule has 0 N–H and O–H groups in total. The van der Waals surface area contributed by atoms with E-state index in [1.807, 2.05) is 35.6 Å².